The lowest BCUT2D eigenvalue weighted by molar-refractivity contribution is 0.515. The van der Waals surface area contributed by atoms with Gasteiger partial charge in [0.25, 0.3) is 0 Å². The largest absolute Gasteiger partial charge is 0.388 e. The summed E-state index contributed by atoms with van der Waals surface area (Å²) in [5.41, 5.74) is 0.578. The van der Waals surface area contributed by atoms with Crippen molar-refractivity contribution in [2.45, 2.75) is 0 Å². The molecule has 1 nitrogen and oxygen atoms in total. The molecule has 0 fully saturated rings. The van der Waals surface area contributed by atoms with Crippen molar-refractivity contribution < 1.29 is 8.78 Å². The van der Waals surface area contributed by atoms with E-state index >= 15 is 0 Å². The highest BCUT2D eigenvalue weighted by Crippen LogP contribution is 2.12. The molecular formula is C7H8F2NP. The van der Waals surface area contributed by atoms with Crippen LogP contribution in [0, 0.1) is 11.6 Å². The number of benzene rings is 1. The van der Waals surface area contributed by atoms with Crippen LogP contribution in [-0.4, -0.2) is 7.05 Å². The quantitative estimate of drug-likeness (QED) is 0.638. The molecule has 0 aliphatic heterocycles. The van der Waals surface area contributed by atoms with Gasteiger partial charge in [-0.15, -0.1) is 9.24 Å². The zero-order valence-electron chi connectivity index (χ0n) is 5.99. The Morgan fingerprint density at radius 3 is 2.55 bits per heavy atom. The number of rotatable bonds is 1. The van der Waals surface area contributed by atoms with Gasteiger partial charge in [0, 0.05) is 18.0 Å². The van der Waals surface area contributed by atoms with E-state index in [1.165, 1.54) is 6.07 Å². The molecule has 0 radical (unpaired) electrons. The molecule has 0 aromatic heterocycles. The first-order valence-corrected chi connectivity index (χ1v) is 3.65. The molecule has 60 valence electrons. The second-order valence-corrected chi connectivity index (χ2v) is 2.65. The summed E-state index contributed by atoms with van der Waals surface area (Å²) in [5, 5.41) is 2.96. The predicted octanol–water partition coefficient (Wildman–Crippen LogP) is 1.51. The van der Waals surface area contributed by atoms with E-state index in [4.69, 9.17) is 0 Å². The monoisotopic (exact) mass is 175 g/mol. The fourth-order valence-electron chi connectivity index (χ4n) is 0.784. The Morgan fingerprint density at radius 1 is 1.36 bits per heavy atom. The molecule has 1 rings (SSSR count). The average molecular weight is 175 g/mol. The number of halogens is 2. The number of nitrogens with one attached hydrogen (secondary N) is 1. The second-order valence-electron chi connectivity index (χ2n) is 2.07. The van der Waals surface area contributed by atoms with E-state index < -0.39 is 11.6 Å². The molecule has 0 aliphatic carbocycles. The molecule has 0 aliphatic rings. The molecule has 1 aromatic rings. The van der Waals surface area contributed by atoms with Crippen LogP contribution in [0.2, 0.25) is 0 Å². The Balaban J connectivity index is 3.25. The Labute approximate surface area is 66.0 Å². The molecule has 0 saturated heterocycles. The van der Waals surface area contributed by atoms with Crippen molar-refractivity contribution in [3.05, 3.63) is 23.8 Å². The zero-order valence-corrected chi connectivity index (χ0v) is 7.14. The van der Waals surface area contributed by atoms with Crippen molar-refractivity contribution in [1.29, 1.82) is 0 Å². The molecule has 0 amide bonds. The van der Waals surface area contributed by atoms with Crippen LogP contribution >= 0.6 is 9.24 Å². The molecule has 0 spiro atoms. The number of anilines is 1. The minimum Gasteiger partial charge on any atom is -0.388 e. The molecule has 11 heavy (non-hydrogen) atoms. The van der Waals surface area contributed by atoms with E-state index in [0.717, 1.165) is 6.07 Å². The molecule has 0 bridgehead atoms. The first-order chi connectivity index (χ1) is 5.16. The van der Waals surface area contributed by atoms with Gasteiger partial charge in [-0.25, -0.2) is 8.78 Å². The first-order valence-electron chi connectivity index (χ1n) is 3.08. The van der Waals surface area contributed by atoms with Crippen molar-refractivity contribution in [2.75, 3.05) is 12.4 Å². The predicted molar refractivity (Wildman–Crippen MR) is 45.2 cm³/mol. The van der Waals surface area contributed by atoms with Gasteiger partial charge >= 0.3 is 0 Å². The van der Waals surface area contributed by atoms with Crippen molar-refractivity contribution >= 4 is 20.2 Å². The molecule has 1 aromatic carbocycles. The lowest BCUT2D eigenvalue weighted by Crippen LogP contribution is -2.08. The van der Waals surface area contributed by atoms with E-state index in [1.54, 1.807) is 7.05 Å². The number of hydrogen-bond acceptors (Lipinski definition) is 1. The van der Waals surface area contributed by atoms with Gasteiger partial charge in [0.1, 0.15) is 0 Å². The Kier molecular flexibility index (Phi) is 2.40. The Bertz CT molecular complexity index is 275. The summed E-state index contributed by atoms with van der Waals surface area (Å²) in [7, 11) is 3.80. The third-order valence-electron chi connectivity index (χ3n) is 1.40. The van der Waals surface area contributed by atoms with Crippen LogP contribution in [0.3, 0.4) is 0 Å². The summed E-state index contributed by atoms with van der Waals surface area (Å²) < 4.78 is 25.2. The van der Waals surface area contributed by atoms with Gasteiger partial charge in [0.15, 0.2) is 11.6 Å². The average Bonchev–Trinajstić information content (AvgIpc) is 2.01. The smallest absolute Gasteiger partial charge is 0.167 e. The van der Waals surface area contributed by atoms with Crippen LogP contribution in [0.1, 0.15) is 0 Å². The van der Waals surface area contributed by atoms with Gasteiger partial charge in [-0.3, -0.25) is 0 Å². The maximum Gasteiger partial charge on any atom is 0.167 e. The highest BCUT2D eigenvalue weighted by molar-refractivity contribution is 7.28. The van der Waals surface area contributed by atoms with Crippen molar-refractivity contribution in [1.82, 2.24) is 0 Å². The molecule has 0 saturated carbocycles. The standard InChI is InChI=1S/C7H8F2NP/c1-10-5-3-2-4(8)6(9)7(5)11/h2-3,10H,11H2,1H3. The van der Waals surface area contributed by atoms with Gasteiger partial charge in [-0.2, -0.15) is 0 Å². The fraction of sp³-hybridized carbons (Fsp3) is 0.143. The van der Waals surface area contributed by atoms with Crippen LogP contribution in [0.5, 0.6) is 0 Å². The van der Waals surface area contributed by atoms with Crippen LogP contribution in [-0.2, 0) is 0 Å². The maximum absolute atomic E-state index is 12.7. The van der Waals surface area contributed by atoms with E-state index in [9.17, 15) is 8.78 Å². The highest BCUT2D eigenvalue weighted by atomic mass is 31.0. The van der Waals surface area contributed by atoms with Crippen LogP contribution < -0.4 is 10.6 Å². The SMILES string of the molecule is CNc1ccc(F)c(F)c1P. The first kappa shape index (κ1) is 8.41. The van der Waals surface area contributed by atoms with Gasteiger partial charge in [0.2, 0.25) is 0 Å². The maximum atomic E-state index is 12.7. The third-order valence-corrected chi connectivity index (χ3v) is 1.97. The summed E-state index contributed by atoms with van der Waals surface area (Å²) in [5.74, 6) is -1.64. The lowest BCUT2D eigenvalue weighted by atomic mass is 10.3. The minimum absolute atomic E-state index is 0.229. The lowest BCUT2D eigenvalue weighted by Gasteiger charge is -2.04. The van der Waals surface area contributed by atoms with Crippen LogP contribution in [0.15, 0.2) is 12.1 Å². The Morgan fingerprint density at radius 2 is 2.00 bits per heavy atom. The summed E-state index contributed by atoms with van der Waals surface area (Å²) >= 11 is 0. The van der Waals surface area contributed by atoms with E-state index in [0.29, 0.717) is 5.69 Å². The van der Waals surface area contributed by atoms with Crippen molar-refractivity contribution in [3.63, 3.8) is 0 Å². The van der Waals surface area contributed by atoms with Crippen molar-refractivity contribution in [3.8, 4) is 0 Å². The normalized spacial score (nSPS) is 9.82. The molecule has 4 heteroatoms. The fourth-order valence-corrected chi connectivity index (χ4v) is 1.16. The van der Waals surface area contributed by atoms with Crippen LogP contribution in [0.4, 0.5) is 14.5 Å². The van der Waals surface area contributed by atoms with Crippen LogP contribution in [0.25, 0.3) is 0 Å². The third kappa shape index (κ3) is 1.48. The molecule has 1 unspecified atom stereocenters. The van der Waals surface area contributed by atoms with E-state index in [1.807, 2.05) is 0 Å². The molecule has 0 heterocycles. The van der Waals surface area contributed by atoms with Gasteiger partial charge < -0.3 is 5.32 Å². The Hall–Kier alpha value is -0.690. The summed E-state index contributed by atoms with van der Waals surface area (Å²) in [6, 6.07) is 2.58. The zero-order chi connectivity index (χ0) is 8.43. The highest BCUT2D eigenvalue weighted by Gasteiger charge is 2.07. The summed E-state index contributed by atoms with van der Waals surface area (Å²) in [6.07, 6.45) is 0. The number of hydrogen-bond donors (Lipinski definition) is 1. The molecular weight excluding hydrogens is 167 g/mol. The van der Waals surface area contributed by atoms with Crippen molar-refractivity contribution in [2.24, 2.45) is 0 Å². The topological polar surface area (TPSA) is 12.0 Å². The molecule has 1 N–H and O–H groups in total. The second kappa shape index (κ2) is 3.14. The van der Waals surface area contributed by atoms with E-state index in [2.05, 4.69) is 14.6 Å². The minimum atomic E-state index is -0.825. The van der Waals surface area contributed by atoms with Gasteiger partial charge in [-0.1, -0.05) is 0 Å². The molecule has 1 atom stereocenters. The van der Waals surface area contributed by atoms with Gasteiger partial charge in [0.05, 0.1) is 0 Å². The van der Waals surface area contributed by atoms with Gasteiger partial charge in [-0.05, 0) is 12.1 Å². The summed E-state index contributed by atoms with van der Waals surface area (Å²) in [6.45, 7) is 0. The summed E-state index contributed by atoms with van der Waals surface area (Å²) in [4.78, 5) is 0. The van der Waals surface area contributed by atoms with E-state index in [-0.39, 0.29) is 5.30 Å².